The highest BCUT2D eigenvalue weighted by molar-refractivity contribution is 7.20. The van der Waals surface area contributed by atoms with Gasteiger partial charge in [0.05, 0.1) is 24.1 Å². The van der Waals surface area contributed by atoms with Gasteiger partial charge in [-0.15, -0.1) is 11.3 Å². The van der Waals surface area contributed by atoms with Gasteiger partial charge in [0.25, 0.3) is 5.91 Å². The monoisotopic (exact) mass is 262 g/mol. The van der Waals surface area contributed by atoms with E-state index in [0.717, 1.165) is 20.7 Å². The highest BCUT2D eigenvalue weighted by atomic mass is 32.1. The van der Waals surface area contributed by atoms with Crippen molar-refractivity contribution in [2.24, 2.45) is 0 Å². The number of hydrogen-bond donors (Lipinski definition) is 1. The molecule has 94 valence electrons. The zero-order valence-corrected chi connectivity index (χ0v) is 11.1. The quantitative estimate of drug-likeness (QED) is 0.901. The first-order valence-corrected chi connectivity index (χ1v) is 6.71. The summed E-state index contributed by atoms with van der Waals surface area (Å²) in [5.74, 6) is -0.0247. The van der Waals surface area contributed by atoms with Crippen LogP contribution in [0.1, 0.15) is 20.8 Å². The predicted octanol–water partition coefficient (Wildman–Crippen LogP) is 2.04. The van der Waals surface area contributed by atoms with Gasteiger partial charge in [0.2, 0.25) is 0 Å². The van der Waals surface area contributed by atoms with E-state index in [0.29, 0.717) is 13.2 Å². The molecule has 0 aliphatic carbocycles. The average molecular weight is 262 g/mol. The molecule has 1 N–H and O–H groups in total. The van der Waals surface area contributed by atoms with E-state index >= 15 is 0 Å². The van der Waals surface area contributed by atoms with Crippen molar-refractivity contribution in [1.29, 1.82) is 0 Å². The number of thiophene rings is 1. The predicted molar refractivity (Wildman–Crippen MR) is 71.2 cm³/mol. The zero-order chi connectivity index (χ0) is 12.7. The Morgan fingerprint density at radius 1 is 1.50 bits per heavy atom. The summed E-state index contributed by atoms with van der Waals surface area (Å²) in [5.41, 5.74) is 2.35. The van der Waals surface area contributed by atoms with E-state index in [4.69, 9.17) is 4.74 Å². The van der Waals surface area contributed by atoms with Gasteiger partial charge in [-0.3, -0.25) is 4.79 Å². The number of fused-ring (bicyclic) bond motifs is 1. The normalized spacial score (nSPS) is 15.7. The molecule has 5 heteroatoms. The molecular formula is C13H14N2O2S. The van der Waals surface area contributed by atoms with Gasteiger partial charge in [-0.2, -0.15) is 0 Å². The number of aromatic nitrogens is 1. The van der Waals surface area contributed by atoms with Gasteiger partial charge in [0.15, 0.2) is 0 Å². The number of amides is 1. The number of rotatable bonds is 2. The molecule has 0 saturated carbocycles. The van der Waals surface area contributed by atoms with Gasteiger partial charge in [-0.1, -0.05) is 0 Å². The van der Waals surface area contributed by atoms with Crippen molar-refractivity contribution in [2.45, 2.75) is 19.9 Å². The first-order chi connectivity index (χ1) is 8.65. The van der Waals surface area contributed by atoms with E-state index in [9.17, 15) is 4.79 Å². The number of nitrogens with zero attached hydrogens (tertiary/aromatic N) is 1. The summed E-state index contributed by atoms with van der Waals surface area (Å²) >= 11 is 1.44. The van der Waals surface area contributed by atoms with Crippen LogP contribution >= 0.6 is 11.3 Å². The molecule has 0 unspecified atom stereocenters. The topological polar surface area (TPSA) is 51.2 Å². The van der Waals surface area contributed by atoms with Crippen LogP contribution < -0.4 is 5.32 Å². The van der Waals surface area contributed by atoms with Crippen molar-refractivity contribution in [3.8, 4) is 0 Å². The van der Waals surface area contributed by atoms with E-state index in [2.05, 4.69) is 17.2 Å². The number of hydrogen-bond acceptors (Lipinski definition) is 4. The lowest BCUT2D eigenvalue weighted by molar-refractivity contribution is -0.00338. The fraction of sp³-hybridized carbons (Fsp3) is 0.385. The summed E-state index contributed by atoms with van der Waals surface area (Å²) in [6, 6.07) is 2.10. The minimum absolute atomic E-state index is 0.0247. The lowest BCUT2D eigenvalue weighted by Crippen LogP contribution is -2.48. The van der Waals surface area contributed by atoms with E-state index in [1.165, 1.54) is 16.9 Å². The van der Waals surface area contributed by atoms with E-state index in [1.54, 1.807) is 0 Å². The second-order valence-corrected chi connectivity index (χ2v) is 5.63. The first-order valence-electron chi connectivity index (χ1n) is 5.89. The SMILES string of the molecule is Cc1cnc2sc(C(=O)NC3COC3)cc2c1C. The molecule has 1 amide bonds. The van der Waals surface area contributed by atoms with Crippen LogP contribution in [0, 0.1) is 13.8 Å². The summed E-state index contributed by atoms with van der Waals surface area (Å²) in [4.78, 5) is 18.0. The molecule has 1 saturated heterocycles. The fourth-order valence-electron chi connectivity index (χ4n) is 1.90. The minimum atomic E-state index is -0.0247. The third-order valence-corrected chi connectivity index (χ3v) is 4.32. The number of ether oxygens (including phenoxy) is 1. The number of carbonyl (C=O) groups is 1. The van der Waals surface area contributed by atoms with Crippen LogP contribution in [0.2, 0.25) is 0 Å². The Bertz CT molecular complexity index is 617. The summed E-state index contributed by atoms with van der Waals surface area (Å²) in [6.45, 7) is 5.33. The lowest BCUT2D eigenvalue weighted by atomic mass is 10.1. The Kier molecular flexibility index (Phi) is 2.80. The third kappa shape index (κ3) is 1.89. The van der Waals surface area contributed by atoms with E-state index in [-0.39, 0.29) is 11.9 Å². The number of nitrogens with one attached hydrogen (secondary N) is 1. The summed E-state index contributed by atoms with van der Waals surface area (Å²) in [7, 11) is 0. The maximum absolute atomic E-state index is 12.0. The van der Waals surface area contributed by atoms with Gasteiger partial charge in [0, 0.05) is 11.6 Å². The maximum Gasteiger partial charge on any atom is 0.261 e. The highest BCUT2D eigenvalue weighted by Gasteiger charge is 2.22. The van der Waals surface area contributed by atoms with Crippen molar-refractivity contribution in [2.75, 3.05) is 13.2 Å². The van der Waals surface area contributed by atoms with Gasteiger partial charge in [-0.25, -0.2) is 4.98 Å². The second-order valence-electron chi connectivity index (χ2n) is 4.60. The van der Waals surface area contributed by atoms with Crippen molar-refractivity contribution in [1.82, 2.24) is 10.3 Å². The highest BCUT2D eigenvalue weighted by Crippen LogP contribution is 2.27. The second kappa shape index (κ2) is 4.33. The smallest absolute Gasteiger partial charge is 0.261 e. The van der Waals surface area contributed by atoms with Crippen LogP contribution in [0.5, 0.6) is 0 Å². The van der Waals surface area contributed by atoms with Gasteiger partial charge in [0.1, 0.15) is 4.83 Å². The Hall–Kier alpha value is -1.46. The van der Waals surface area contributed by atoms with Crippen molar-refractivity contribution >= 4 is 27.5 Å². The van der Waals surface area contributed by atoms with Crippen LogP contribution in [0.25, 0.3) is 10.2 Å². The molecular weight excluding hydrogens is 248 g/mol. The molecule has 18 heavy (non-hydrogen) atoms. The van der Waals surface area contributed by atoms with Crippen LogP contribution in [-0.2, 0) is 4.74 Å². The summed E-state index contributed by atoms with van der Waals surface area (Å²) in [6.07, 6.45) is 1.86. The molecule has 0 spiro atoms. The third-order valence-electron chi connectivity index (χ3n) is 3.28. The number of carbonyl (C=O) groups excluding carboxylic acids is 1. The van der Waals surface area contributed by atoms with Crippen molar-refractivity contribution in [3.63, 3.8) is 0 Å². The Morgan fingerprint density at radius 2 is 2.28 bits per heavy atom. The Labute approximate surface area is 109 Å². The molecule has 1 fully saturated rings. The van der Waals surface area contributed by atoms with Gasteiger partial charge >= 0.3 is 0 Å². The maximum atomic E-state index is 12.0. The Balaban J connectivity index is 1.92. The molecule has 0 radical (unpaired) electrons. The van der Waals surface area contributed by atoms with Crippen LogP contribution in [-0.4, -0.2) is 30.1 Å². The average Bonchev–Trinajstić information content (AvgIpc) is 2.73. The molecule has 1 aliphatic rings. The largest absolute Gasteiger partial charge is 0.377 e. The molecule has 2 aromatic rings. The van der Waals surface area contributed by atoms with Crippen LogP contribution in [0.15, 0.2) is 12.3 Å². The number of aryl methyl sites for hydroxylation is 2. The molecule has 0 atom stereocenters. The fourth-order valence-corrected chi connectivity index (χ4v) is 2.86. The van der Waals surface area contributed by atoms with Crippen LogP contribution in [0.3, 0.4) is 0 Å². The Morgan fingerprint density at radius 3 is 2.94 bits per heavy atom. The first kappa shape index (κ1) is 11.6. The molecule has 3 rings (SSSR count). The van der Waals surface area contributed by atoms with Gasteiger partial charge in [-0.05, 0) is 31.0 Å². The number of pyridine rings is 1. The standard InChI is InChI=1S/C13H14N2O2S/c1-7-4-14-13-10(8(7)2)3-11(18-13)12(16)15-9-5-17-6-9/h3-4,9H,5-6H2,1-2H3,(H,15,16). The molecule has 4 nitrogen and oxygen atoms in total. The van der Waals surface area contributed by atoms with E-state index < -0.39 is 0 Å². The summed E-state index contributed by atoms with van der Waals surface area (Å²) in [5, 5.41) is 4.03. The summed E-state index contributed by atoms with van der Waals surface area (Å²) < 4.78 is 5.04. The van der Waals surface area contributed by atoms with Gasteiger partial charge < -0.3 is 10.1 Å². The molecule has 3 heterocycles. The minimum Gasteiger partial charge on any atom is -0.377 e. The zero-order valence-electron chi connectivity index (χ0n) is 10.3. The van der Waals surface area contributed by atoms with Crippen molar-refractivity contribution < 1.29 is 9.53 Å². The van der Waals surface area contributed by atoms with Crippen LogP contribution in [0.4, 0.5) is 0 Å². The molecule has 2 aromatic heterocycles. The molecule has 0 bridgehead atoms. The van der Waals surface area contributed by atoms with E-state index in [1.807, 2.05) is 19.2 Å². The molecule has 1 aliphatic heterocycles. The lowest BCUT2D eigenvalue weighted by Gasteiger charge is -2.26. The van der Waals surface area contributed by atoms with Crippen molar-refractivity contribution in [3.05, 3.63) is 28.3 Å². The molecule has 0 aromatic carbocycles.